The van der Waals surface area contributed by atoms with E-state index in [1.165, 1.54) is 67.1 Å². The van der Waals surface area contributed by atoms with Crippen LogP contribution in [0, 0.1) is 5.82 Å². The second-order valence-electron chi connectivity index (χ2n) is 15.5. The molecule has 3 aliphatic heterocycles. The van der Waals surface area contributed by atoms with Gasteiger partial charge in [0.2, 0.25) is 0 Å². The van der Waals surface area contributed by atoms with Crippen LogP contribution in [-0.2, 0) is 34.0 Å². The molecule has 0 radical (unpaired) electrons. The Bertz CT molecular complexity index is 1960. The van der Waals surface area contributed by atoms with Crippen molar-refractivity contribution >= 4 is 23.8 Å². The van der Waals surface area contributed by atoms with E-state index in [9.17, 15) is 48.7 Å². The number of amides is 1. The zero-order valence-corrected chi connectivity index (χ0v) is 34.6. The van der Waals surface area contributed by atoms with Crippen LogP contribution in [0.4, 0.5) is 43.9 Å². The lowest BCUT2D eigenvalue weighted by Crippen LogP contribution is -2.61. The molecule has 0 unspecified atom stereocenters. The van der Waals surface area contributed by atoms with Crippen molar-refractivity contribution in [2.24, 2.45) is 0 Å². The Balaban J connectivity index is 0.000000429. The molecule has 3 heterocycles. The van der Waals surface area contributed by atoms with Gasteiger partial charge in [0.05, 0.1) is 26.2 Å². The SMILES string of the molecule is C[C@H]1CN(Cc2cccc(-c3cc(CNC(=O)c4cccc(CN5CC[N+]6(CCCCC6)CC5)c4)ccc3F)c2)CCN1.O=C(O)C(F)(F)F.O=C(O)C(F)(F)F.O=C(O)C(F)(F)F. The Labute approximate surface area is 362 Å². The zero-order valence-electron chi connectivity index (χ0n) is 34.6. The van der Waals surface area contributed by atoms with E-state index in [1.807, 2.05) is 36.4 Å². The second kappa shape index (κ2) is 23.6. The van der Waals surface area contributed by atoms with Gasteiger partial charge in [-0.25, -0.2) is 18.8 Å². The summed E-state index contributed by atoms with van der Waals surface area (Å²) in [5.41, 5.74) is 5.35. The Morgan fingerprint density at radius 1 is 0.672 bits per heavy atom. The fraction of sp³-hybridized carbons (Fsp3) is 0.476. The van der Waals surface area contributed by atoms with Crippen LogP contribution in [0.5, 0.6) is 0 Å². The summed E-state index contributed by atoms with van der Waals surface area (Å²) in [6.07, 6.45) is -11.1. The highest BCUT2D eigenvalue weighted by Gasteiger charge is 2.39. The first-order chi connectivity index (χ1) is 29.8. The molecule has 0 aromatic heterocycles. The first-order valence-electron chi connectivity index (χ1n) is 20.0. The van der Waals surface area contributed by atoms with Crippen LogP contribution in [0.1, 0.15) is 53.2 Å². The number of aliphatic carboxylic acids is 3. The molecule has 22 heteroatoms. The van der Waals surface area contributed by atoms with E-state index in [2.05, 4.69) is 45.6 Å². The summed E-state index contributed by atoms with van der Waals surface area (Å²) in [5.74, 6) is -8.62. The van der Waals surface area contributed by atoms with Crippen molar-refractivity contribution in [1.29, 1.82) is 0 Å². The fourth-order valence-electron chi connectivity index (χ4n) is 7.23. The largest absolute Gasteiger partial charge is 0.490 e. The number of carboxylic acids is 3. The topological polar surface area (TPSA) is 160 Å². The molecule has 3 aromatic carbocycles. The van der Waals surface area contributed by atoms with Gasteiger partial charge in [0.15, 0.2) is 0 Å². The smallest absolute Gasteiger partial charge is 0.475 e. The van der Waals surface area contributed by atoms with Crippen LogP contribution in [0.15, 0.2) is 66.7 Å². The number of hydrogen-bond donors (Lipinski definition) is 5. The number of carboxylic acid groups (broad SMARTS) is 3. The first-order valence-corrected chi connectivity index (χ1v) is 20.0. The number of nitrogens with one attached hydrogen (secondary N) is 2. The van der Waals surface area contributed by atoms with E-state index in [1.54, 1.807) is 6.07 Å². The highest BCUT2D eigenvalue weighted by atomic mass is 19.4. The maximum absolute atomic E-state index is 15.0. The molecule has 6 rings (SSSR count). The summed E-state index contributed by atoms with van der Waals surface area (Å²) >= 11 is 0. The summed E-state index contributed by atoms with van der Waals surface area (Å²) in [5, 5.41) is 27.9. The molecule has 0 saturated carbocycles. The molecule has 0 bridgehead atoms. The molecule has 3 aromatic rings. The van der Waals surface area contributed by atoms with Crippen LogP contribution in [0.3, 0.4) is 0 Å². The quantitative estimate of drug-likeness (QED) is 0.119. The van der Waals surface area contributed by atoms with Gasteiger partial charge in [0.25, 0.3) is 5.91 Å². The lowest BCUT2D eigenvalue weighted by Gasteiger charge is -2.47. The summed E-state index contributed by atoms with van der Waals surface area (Å²) in [6, 6.07) is 21.8. The Morgan fingerprint density at radius 3 is 1.72 bits per heavy atom. The van der Waals surface area contributed by atoms with Gasteiger partial charge < -0.3 is 30.4 Å². The van der Waals surface area contributed by atoms with E-state index < -0.39 is 36.4 Å². The van der Waals surface area contributed by atoms with Gasteiger partial charge in [-0.15, -0.1) is 0 Å². The lowest BCUT2D eigenvalue weighted by molar-refractivity contribution is -0.936. The summed E-state index contributed by atoms with van der Waals surface area (Å²) in [7, 11) is 0. The molecule has 1 amide bonds. The van der Waals surface area contributed by atoms with Crippen LogP contribution in [0.25, 0.3) is 11.1 Å². The number of piperazine rings is 2. The second-order valence-corrected chi connectivity index (χ2v) is 15.5. The Morgan fingerprint density at radius 2 is 1.19 bits per heavy atom. The molecule has 3 aliphatic rings. The predicted molar refractivity (Wildman–Crippen MR) is 212 cm³/mol. The van der Waals surface area contributed by atoms with Crippen LogP contribution < -0.4 is 10.6 Å². The first kappa shape index (κ1) is 53.0. The van der Waals surface area contributed by atoms with Gasteiger partial charge in [0, 0.05) is 69.5 Å². The predicted octanol–water partition coefficient (Wildman–Crippen LogP) is 6.93. The van der Waals surface area contributed by atoms with Gasteiger partial charge in [-0.2, -0.15) is 39.5 Å². The molecule has 5 N–H and O–H groups in total. The third-order valence-corrected chi connectivity index (χ3v) is 10.4. The standard InChI is InChI=1S/C36H46FN5O.3C2HF3O2/c1-28-25-41(14-13-38-28)27-30-7-5-9-32(21-30)34-23-29(11-12-35(34)37)24-39-36(43)33-10-6-8-31(22-33)26-40-15-19-42(20-16-40)17-3-2-4-18-42;3*3-2(4,5)1(6)7/h5-12,21-23,28,38H,2-4,13-20,24-27H2,1H3;3*(H,6,7)/p+1/t28-;;;/m0.../s1. The van der Waals surface area contributed by atoms with Crippen molar-refractivity contribution in [1.82, 2.24) is 20.4 Å². The van der Waals surface area contributed by atoms with Crippen molar-refractivity contribution in [3.63, 3.8) is 0 Å². The Kier molecular flexibility index (Phi) is 19.5. The van der Waals surface area contributed by atoms with Gasteiger partial charge in [-0.1, -0.05) is 36.4 Å². The van der Waals surface area contributed by atoms with Crippen molar-refractivity contribution in [3.8, 4) is 11.1 Å². The highest BCUT2D eigenvalue weighted by Crippen LogP contribution is 2.27. The molecule has 0 aliphatic carbocycles. The maximum atomic E-state index is 15.0. The number of quaternary nitrogens is 1. The monoisotopic (exact) mass is 926 g/mol. The van der Waals surface area contributed by atoms with Crippen molar-refractivity contribution in [2.45, 2.75) is 70.4 Å². The molecule has 3 saturated heterocycles. The minimum Gasteiger partial charge on any atom is -0.475 e. The summed E-state index contributed by atoms with van der Waals surface area (Å²) in [4.78, 5) is 44.8. The van der Waals surface area contributed by atoms with Gasteiger partial charge in [0.1, 0.15) is 5.82 Å². The van der Waals surface area contributed by atoms with E-state index in [4.69, 9.17) is 29.7 Å². The number of carbonyl (C=O) groups excluding carboxylic acids is 1. The number of nitrogens with zero attached hydrogens (tertiary/aromatic N) is 3. The third-order valence-electron chi connectivity index (χ3n) is 10.4. The molecule has 3 fully saturated rings. The van der Waals surface area contributed by atoms with Gasteiger partial charge >= 0.3 is 36.4 Å². The molecule has 354 valence electrons. The number of rotatable bonds is 8. The maximum Gasteiger partial charge on any atom is 0.490 e. The average molecular weight is 927 g/mol. The summed E-state index contributed by atoms with van der Waals surface area (Å²) in [6.45, 7) is 14.8. The zero-order chi connectivity index (χ0) is 47.9. The molecular weight excluding hydrogens is 876 g/mol. The fourth-order valence-corrected chi connectivity index (χ4v) is 7.23. The van der Waals surface area contributed by atoms with Gasteiger partial charge in [-0.3, -0.25) is 14.6 Å². The van der Waals surface area contributed by atoms with Crippen molar-refractivity contribution in [3.05, 3.63) is 94.8 Å². The van der Waals surface area contributed by atoms with Crippen LogP contribution in [0.2, 0.25) is 0 Å². The molecular formula is C42H50F10N5O7+. The van der Waals surface area contributed by atoms with E-state index >= 15 is 0 Å². The van der Waals surface area contributed by atoms with E-state index in [0.717, 1.165) is 56.9 Å². The van der Waals surface area contributed by atoms with Crippen molar-refractivity contribution in [2.75, 3.05) is 58.9 Å². The van der Waals surface area contributed by atoms with Crippen LogP contribution >= 0.6 is 0 Å². The summed E-state index contributed by atoms with van der Waals surface area (Å²) < 4.78 is 112. The van der Waals surface area contributed by atoms with Gasteiger partial charge in [-0.05, 0) is 78.8 Å². The number of carbonyl (C=O) groups is 4. The van der Waals surface area contributed by atoms with Crippen molar-refractivity contribution < 1.29 is 82.9 Å². The highest BCUT2D eigenvalue weighted by molar-refractivity contribution is 5.94. The Hall–Kier alpha value is -5.32. The number of piperidine rings is 1. The average Bonchev–Trinajstić information content (AvgIpc) is 3.21. The normalized spacial score (nSPS) is 17.9. The lowest BCUT2D eigenvalue weighted by atomic mass is 10.00. The minimum absolute atomic E-state index is 0.101. The molecule has 64 heavy (non-hydrogen) atoms. The molecule has 1 atom stereocenters. The van der Waals surface area contributed by atoms with E-state index in [0.29, 0.717) is 23.7 Å². The van der Waals surface area contributed by atoms with Crippen LogP contribution in [-0.4, -0.2) is 137 Å². The number of halogens is 10. The molecule has 1 spiro atoms. The van der Waals surface area contributed by atoms with E-state index in [-0.39, 0.29) is 11.7 Å². The number of alkyl halides is 9. The number of benzene rings is 3. The number of hydrogen-bond acceptors (Lipinski definition) is 7. The molecule has 12 nitrogen and oxygen atoms in total. The third kappa shape index (κ3) is 18.0. The minimum atomic E-state index is -5.08.